The van der Waals surface area contributed by atoms with Gasteiger partial charge < -0.3 is 4.57 Å². The lowest BCUT2D eigenvalue weighted by molar-refractivity contribution is 1.18. The van der Waals surface area contributed by atoms with E-state index in [2.05, 4.69) is 156 Å². The first-order chi connectivity index (χ1) is 20.3. The molecule has 8 aromatic carbocycles. The van der Waals surface area contributed by atoms with E-state index in [0.717, 1.165) is 0 Å². The third-order valence-corrected chi connectivity index (χ3v) is 8.65. The summed E-state index contributed by atoms with van der Waals surface area (Å²) in [5.74, 6) is 0. The summed E-state index contributed by atoms with van der Waals surface area (Å²) >= 11 is 0. The molecule has 0 fully saturated rings. The normalized spacial score (nSPS) is 11.9. The highest BCUT2D eigenvalue weighted by atomic mass is 15.0. The molecule has 0 aliphatic rings. The number of aromatic nitrogens is 1. The summed E-state index contributed by atoms with van der Waals surface area (Å²) in [7, 11) is 0. The van der Waals surface area contributed by atoms with Gasteiger partial charge in [0.2, 0.25) is 0 Å². The van der Waals surface area contributed by atoms with E-state index in [0.29, 0.717) is 0 Å². The fourth-order valence-electron chi connectivity index (χ4n) is 6.69. The van der Waals surface area contributed by atoms with Crippen LogP contribution in [0.5, 0.6) is 0 Å². The molecular formula is C40H25N. The molecule has 0 saturated carbocycles. The zero-order valence-corrected chi connectivity index (χ0v) is 22.4. The van der Waals surface area contributed by atoms with Crippen molar-refractivity contribution in [1.82, 2.24) is 4.57 Å². The first kappa shape index (κ1) is 22.4. The lowest BCUT2D eigenvalue weighted by atomic mass is 9.94. The summed E-state index contributed by atoms with van der Waals surface area (Å²) in [5.41, 5.74) is 8.62. The molecule has 1 nitrogen and oxygen atoms in total. The Labute approximate surface area is 237 Å². The van der Waals surface area contributed by atoms with Gasteiger partial charge in [-0.25, -0.2) is 0 Å². The van der Waals surface area contributed by atoms with Crippen molar-refractivity contribution in [2.24, 2.45) is 0 Å². The molecular weight excluding hydrogens is 494 g/mol. The van der Waals surface area contributed by atoms with Gasteiger partial charge in [0.25, 0.3) is 0 Å². The highest BCUT2D eigenvalue weighted by Crippen LogP contribution is 2.43. The molecule has 0 radical (unpaired) electrons. The van der Waals surface area contributed by atoms with Crippen molar-refractivity contribution in [3.63, 3.8) is 0 Å². The van der Waals surface area contributed by atoms with Crippen LogP contribution in [0.4, 0.5) is 0 Å². The molecule has 0 spiro atoms. The van der Waals surface area contributed by atoms with E-state index >= 15 is 0 Å². The van der Waals surface area contributed by atoms with Crippen LogP contribution in [0.3, 0.4) is 0 Å². The number of benzene rings is 8. The Kier molecular flexibility index (Phi) is 4.67. The average molecular weight is 520 g/mol. The van der Waals surface area contributed by atoms with E-state index in [-0.39, 0.29) is 0 Å². The van der Waals surface area contributed by atoms with Gasteiger partial charge in [0.1, 0.15) is 0 Å². The Morgan fingerprint density at radius 2 is 0.707 bits per heavy atom. The topological polar surface area (TPSA) is 4.93 Å². The lowest BCUT2D eigenvalue weighted by Gasteiger charge is -2.11. The minimum atomic E-state index is 1.18. The fourth-order valence-corrected chi connectivity index (χ4v) is 6.69. The Balaban J connectivity index is 1.36. The number of para-hydroxylation sites is 1. The standard InChI is InChI=1S/C40H25N/c1-2-12-36(13-3-1)41-37-24-34(30-16-14-26-8-4-6-10-28(26)20-30)22-32-18-19-33-23-35(25-38(41)40(33)39(32)37)31-17-15-27-9-5-7-11-29(27)21-31/h1-25H. The van der Waals surface area contributed by atoms with Crippen LogP contribution in [-0.2, 0) is 0 Å². The van der Waals surface area contributed by atoms with Crippen molar-refractivity contribution in [3.8, 4) is 27.9 Å². The van der Waals surface area contributed by atoms with Crippen molar-refractivity contribution in [2.75, 3.05) is 0 Å². The van der Waals surface area contributed by atoms with E-state index in [4.69, 9.17) is 0 Å². The molecule has 41 heavy (non-hydrogen) atoms. The summed E-state index contributed by atoms with van der Waals surface area (Å²) in [5, 5.41) is 10.3. The molecule has 0 N–H and O–H groups in total. The quantitative estimate of drug-likeness (QED) is 0.205. The van der Waals surface area contributed by atoms with Crippen LogP contribution in [0.2, 0.25) is 0 Å². The second-order valence-electron chi connectivity index (χ2n) is 11.0. The SMILES string of the molecule is c1ccc(-n2c3cc(-c4ccc5ccccc5c4)cc4ccc5cc(-c6ccc7ccccc7c6)cc2c5c43)cc1. The van der Waals surface area contributed by atoms with E-state index in [1.807, 2.05) is 0 Å². The Bertz CT molecular complexity index is 2260. The molecule has 0 atom stereocenters. The zero-order chi connectivity index (χ0) is 26.9. The maximum absolute atomic E-state index is 2.46. The number of rotatable bonds is 3. The van der Waals surface area contributed by atoms with Gasteiger partial charge in [0.05, 0.1) is 11.0 Å². The maximum atomic E-state index is 2.46. The lowest BCUT2D eigenvalue weighted by Crippen LogP contribution is -1.94. The second kappa shape index (κ2) is 8.55. The molecule has 9 rings (SSSR count). The van der Waals surface area contributed by atoms with Crippen LogP contribution in [0, 0.1) is 0 Å². The highest BCUT2D eigenvalue weighted by Gasteiger charge is 2.19. The smallest absolute Gasteiger partial charge is 0.0553 e. The van der Waals surface area contributed by atoms with Crippen LogP contribution in [0.1, 0.15) is 0 Å². The Morgan fingerprint density at radius 3 is 1.22 bits per heavy atom. The van der Waals surface area contributed by atoms with Crippen molar-refractivity contribution < 1.29 is 0 Å². The summed E-state index contributed by atoms with van der Waals surface area (Å²) < 4.78 is 2.46. The molecule has 9 aromatic rings. The molecule has 190 valence electrons. The number of nitrogens with zero attached hydrogens (tertiary/aromatic N) is 1. The predicted octanol–water partition coefficient (Wildman–Crippen LogP) is 11.0. The van der Waals surface area contributed by atoms with Gasteiger partial charge in [-0.3, -0.25) is 0 Å². The molecule has 1 heterocycles. The summed E-state index contributed by atoms with van der Waals surface area (Å²) in [6.07, 6.45) is 0. The summed E-state index contributed by atoms with van der Waals surface area (Å²) in [6.45, 7) is 0. The zero-order valence-electron chi connectivity index (χ0n) is 22.4. The van der Waals surface area contributed by atoms with Crippen LogP contribution in [0.15, 0.2) is 152 Å². The highest BCUT2D eigenvalue weighted by molar-refractivity contribution is 6.25. The molecule has 0 saturated heterocycles. The van der Waals surface area contributed by atoms with Gasteiger partial charge in [-0.1, -0.05) is 103 Å². The monoisotopic (exact) mass is 519 g/mol. The number of hydrogen-bond donors (Lipinski definition) is 0. The first-order valence-corrected chi connectivity index (χ1v) is 14.2. The van der Waals surface area contributed by atoms with Crippen molar-refractivity contribution >= 4 is 54.1 Å². The minimum absolute atomic E-state index is 1.18. The van der Waals surface area contributed by atoms with Gasteiger partial charge in [-0.05, 0) is 103 Å². The van der Waals surface area contributed by atoms with E-state index in [9.17, 15) is 0 Å². The Hall–Kier alpha value is -5.40. The molecule has 1 heteroatoms. The van der Waals surface area contributed by atoms with Gasteiger partial charge in [0, 0.05) is 16.5 Å². The maximum Gasteiger partial charge on any atom is 0.0553 e. The Morgan fingerprint density at radius 1 is 0.293 bits per heavy atom. The average Bonchev–Trinajstić information content (AvgIpc) is 3.38. The molecule has 1 aromatic heterocycles. The van der Waals surface area contributed by atoms with Gasteiger partial charge in [-0.2, -0.15) is 0 Å². The summed E-state index contributed by atoms with van der Waals surface area (Å²) in [6, 6.07) is 55.7. The van der Waals surface area contributed by atoms with Gasteiger partial charge in [-0.15, -0.1) is 0 Å². The van der Waals surface area contributed by atoms with Crippen LogP contribution < -0.4 is 0 Å². The van der Waals surface area contributed by atoms with Crippen molar-refractivity contribution in [2.45, 2.75) is 0 Å². The molecule has 0 aliphatic heterocycles. The van der Waals surface area contributed by atoms with Gasteiger partial charge >= 0.3 is 0 Å². The second-order valence-corrected chi connectivity index (χ2v) is 11.0. The van der Waals surface area contributed by atoms with Crippen LogP contribution in [0.25, 0.3) is 82.1 Å². The minimum Gasteiger partial charge on any atom is -0.309 e. The number of hydrogen-bond acceptors (Lipinski definition) is 0. The first-order valence-electron chi connectivity index (χ1n) is 14.2. The van der Waals surface area contributed by atoms with E-state index in [1.165, 1.54) is 82.1 Å². The van der Waals surface area contributed by atoms with Crippen molar-refractivity contribution in [1.29, 1.82) is 0 Å². The third kappa shape index (κ3) is 3.43. The van der Waals surface area contributed by atoms with Crippen molar-refractivity contribution in [3.05, 3.63) is 152 Å². The van der Waals surface area contributed by atoms with Crippen LogP contribution >= 0.6 is 0 Å². The molecule has 0 amide bonds. The molecule has 0 bridgehead atoms. The molecule has 0 aliphatic carbocycles. The summed E-state index contributed by atoms with van der Waals surface area (Å²) in [4.78, 5) is 0. The van der Waals surface area contributed by atoms with Gasteiger partial charge in [0.15, 0.2) is 0 Å². The predicted molar refractivity (Wildman–Crippen MR) is 175 cm³/mol. The number of fused-ring (bicyclic) bond motifs is 2. The van der Waals surface area contributed by atoms with Crippen LogP contribution in [-0.4, -0.2) is 4.57 Å². The molecule has 0 unspecified atom stereocenters. The largest absolute Gasteiger partial charge is 0.309 e. The van der Waals surface area contributed by atoms with E-state index in [1.54, 1.807) is 0 Å². The third-order valence-electron chi connectivity index (χ3n) is 8.65. The van der Waals surface area contributed by atoms with E-state index < -0.39 is 0 Å². The fraction of sp³-hybridized carbons (Fsp3) is 0.